The van der Waals surface area contributed by atoms with Crippen molar-refractivity contribution in [3.8, 4) is 0 Å². The Balaban J connectivity index is 2.50. The molecule has 0 aliphatic rings. The molecule has 14 N–H and O–H groups in total. The molecule has 0 saturated heterocycles. The molecule has 0 bridgehead atoms. The van der Waals surface area contributed by atoms with Gasteiger partial charge in [-0.1, -0.05) is 73.6 Å². The first-order valence-corrected chi connectivity index (χ1v) is 23.4. The summed E-state index contributed by atoms with van der Waals surface area (Å²) < 4.78 is 0. The lowest BCUT2D eigenvalue weighted by atomic mass is 9.98. The number of aliphatic carboxylic acids is 1. The fourth-order valence-electron chi connectivity index (χ4n) is 7.61. The number of amides is 6. The number of nitrogens with two attached hydrogens (primary N) is 3. The van der Waals surface area contributed by atoms with Crippen molar-refractivity contribution >= 4 is 52.3 Å². The fourth-order valence-corrected chi connectivity index (χ4v) is 7.61. The minimum absolute atomic E-state index is 0.0000441. The van der Waals surface area contributed by atoms with Gasteiger partial charge in [0, 0.05) is 23.5 Å². The average molecular weight is 913 g/mol. The smallest absolute Gasteiger partial charge is 0.326 e. The van der Waals surface area contributed by atoms with Crippen molar-refractivity contribution in [3.05, 3.63) is 36.0 Å². The largest absolute Gasteiger partial charge is 0.480 e. The zero-order valence-corrected chi connectivity index (χ0v) is 40.0. The Hall–Kier alpha value is -5.07. The number of rotatable bonds is 31. The third-order valence-electron chi connectivity index (χ3n) is 11.0. The molecule has 1 aromatic carbocycles. The van der Waals surface area contributed by atoms with Gasteiger partial charge in [-0.2, -0.15) is 0 Å². The summed E-state index contributed by atoms with van der Waals surface area (Å²) in [6, 6.07) is -0.172. The van der Waals surface area contributed by atoms with E-state index in [0.29, 0.717) is 50.8 Å². The molecule has 366 valence electrons. The molecule has 1 heterocycles. The number of benzene rings is 1. The van der Waals surface area contributed by atoms with Crippen molar-refractivity contribution in [1.82, 2.24) is 36.9 Å². The summed E-state index contributed by atoms with van der Waals surface area (Å²) in [5, 5.41) is 27.3. The predicted molar refractivity (Wildman–Crippen MR) is 253 cm³/mol. The van der Waals surface area contributed by atoms with Gasteiger partial charge in [0.1, 0.15) is 36.3 Å². The predicted octanol–water partition coefficient (Wildman–Crippen LogP) is 2.47. The number of carboxylic acid groups (broad SMARTS) is 1. The second kappa shape index (κ2) is 28.8. The van der Waals surface area contributed by atoms with Crippen molar-refractivity contribution in [2.24, 2.45) is 40.9 Å². The van der Waals surface area contributed by atoms with Crippen LogP contribution in [0.1, 0.15) is 125 Å². The molecule has 18 nitrogen and oxygen atoms in total. The number of carbonyl (C=O) groups excluding carboxylic acids is 6. The highest BCUT2D eigenvalue weighted by Crippen LogP contribution is 2.20. The number of hydrogen-bond acceptors (Lipinski definition) is 10. The molecule has 2 rings (SSSR count). The van der Waals surface area contributed by atoms with E-state index in [1.807, 2.05) is 79.7 Å². The minimum atomic E-state index is -1.25. The van der Waals surface area contributed by atoms with Gasteiger partial charge >= 0.3 is 5.97 Å². The summed E-state index contributed by atoms with van der Waals surface area (Å²) in [4.78, 5) is 98.9. The molecule has 0 aliphatic carbocycles. The van der Waals surface area contributed by atoms with Crippen LogP contribution in [0.3, 0.4) is 0 Å². The Bertz CT molecular complexity index is 1830. The SMILES string of the molecule is CC(C)C[C@H](NC(=O)[C@H](CC(C)C)NC(=O)[C@H](Cc1c[nH]c2ccccc12)NC(=O)[C@H](CCCCN)NC(=O)[C@H](CC(C)C)NC(=O)[C@@H](N)CC(C)C)C(=O)N[C@@H](CCCCN)C(=O)O. The first kappa shape index (κ1) is 56.1. The number of aromatic amines is 1. The van der Waals surface area contributed by atoms with Crippen LogP contribution in [0.4, 0.5) is 0 Å². The quantitative estimate of drug-likeness (QED) is 0.0489. The van der Waals surface area contributed by atoms with Gasteiger partial charge in [-0.3, -0.25) is 28.8 Å². The van der Waals surface area contributed by atoms with Crippen LogP contribution in [0.25, 0.3) is 10.9 Å². The van der Waals surface area contributed by atoms with E-state index in [9.17, 15) is 38.7 Å². The van der Waals surface area contributed by atoms with E-state index in [1.165, 1.54) is 0 Å². The van der Waals surface area contributed by atoms with Crippen LogP contribution in [0.5, 0.6) is 0 Å². The zero-order chi connectivity index (χ0) is 48.8. The van der Waals surface area contributed by atoms with Crippen LogP contribution in [0.2, 0.25) is 0 Å². The van der Waals surface area contributed by atoms with Gasteiger partial charge in [-0.05, 0) is 113 Å². The lowest BCUT2D eigenvalue weighted by Crippen LogP contribution is -2.60. The minimum Gasteiger partial charge on any atom is -0.480 e. The highest BCUT2D eigenvalue weighted by molar-refractivity contribution is 5.97. The van der Waals surface area contributed by atoms with Crippen molar-refractivity contribution in [3.63, 3.8) is 0 Å². The number of para-hydroxylation sites is 1. The standard InChI is InChI=1S/C47H80N10O8/c1-27(2)21-33(50)41(58)54-37(22-28(3)4)43(60)52-35(17-11-13-19-48)42(59)57-40(25-31-26-51-34-16-10-9-15-32(31)34)46(63)56-39(24-30(7)8)45(62)55-38(23-29(5)6)44(61)53-36(47(64)65)18-12-14-20-49/h9-10,15-16,26-30,33,35-40,51H,11-14,17-25,48-50H2,1-8H3,(H,52,60)(H,53,61)(H,54,58)(H,55,62)(H,56,63)(H,57,59)(H,64,65)/t33-,35-,36-,37-,38-,39-,40-/m0/s1. The van der Waals surface area contributed by atoms with E-state index in [4.69, 9.17) is 17.2 Å². The van der Waals surface area contributed by atoms with E-state index in [1.54, 1.807) is 6.20 Å². The lowest BCUT2D eigenvalue weighted by molar-refractivity contribution is -0.142. The van der Waals surface area contributed by atoms with E-state index in [2.05, 4.69) is 36.9 Å². The molecule has 6 amide bonds. The molecule has 2 aromatic rings. The fraction of sp³-hybridized carbons (Fsp3) is 0.681. The van der Waals surface area contributed by atoms with Crippen molar-refractivity contribution < 1.29 is 38.7 Å². The van der Waals surface area contributed by atoms with Crippen LogP contribution in [0.15, 0.2) is 30.5 Å². The molecule has 0 saturated carbocycles. The third-order valence-corrected chi connectivity index (χ3v) is 11.0. The Morgan fingerprint density at radius 2 is 0.908 bits per heavy atom. The van der Waals surface area contributed by atoms with Crippen molar-refractivity contribution in [2.75, 3.05) is 13.1 Å². The normalized spacial score (nSPS) is 14.9. The Labute approximate surface area is 385 Å². The molecule has 7 atom stereocenters. The van der Waals surface area contributed by atoms with Gasteiger partial charge in [0.05, 0.1) is 6.04 Å². The second-order valence-corrected chi connectivity index (χ2v) is 19.0. The molecule has 65 heavy (non-hydrogen) atoms. The summed E-state index contributed by atoms with van der Waals surface area (Å²) in [5.41, 5.74) is 19.1. The average Bonchev–Trinajstić information content (AvgIpc) is 3.63. The van der Waals surface area contributed by atoms with E-state index >= 15 is 0 Å². The van der Waals surface area contributed by atoms with E-state index < -0.39 is 83.7 Å². The van der Waals surface area contributed by atoms with E-state index in [0.717, 1.165) is 10.9 Å². The lowest BCUT2D eigenvalue weighted by Gasteiger charge is -2.29. The molecule has 18 heteroatoms. The maximum Gasteiger partial charge on any atom is 0.326 e. The van der Waals surface area contributed by atoms with Gasteiger partial charge in [-0.15, -0.1) is 0 Å². The van der Waals surface area contributed by atoms with E-state index in [-0.39, 0.29) is 62.2 Å². The molecule has 0 fully saturated rings. The monoisotopic (exact) mass is 913 g/mol. The van der Waals surface area contributed by atoms with Crippen LogP contribution < -0.4 is 49.1 Å². The zero-order valence-electron chi connectivity index (χ0n) is 40.0. The van der Waals surface area contributed by atoms with Gasteiger partial charge in [0.2, 0.25) is 35.4 Å². The number of carbonyl (C=O) groups is 7. The maximum absolute atomic E-state index is 14.5. The Morgan fingerprint density at radius 3 is 1.37 bits per heavy atom. The number of fused-ring (bicyclic) bond motifs is 1. The molecule has 0 unspecified atom stereocenters. The third kappa shape index (κ3) is 20.3. The first-order valence-electron chi connectivity index (χ1n) is 23.4. The molecule has 0 radical (unpaired) electrons. The molecular formula is C47H80N10O8. The summed E-state index contributed by atoms with van der Waals surface area (Å²) >= 11 is 0. The van der Waals surface area contributed by atoms with Crippen LogP contribution in [0, 0.1) is 23.7 Å². The summed E-state index contributed by atoms with van der Waals surface area (Å²) in [5.74, 6) is -4.94. The van der Waals surface area contributed by atoms with Gasteiger partial charge in [0.15, 0.2) is 0 Å². The molecule has 0 spiro atoms. The number of aromatic nitrogens is 1. The Morgan fingerprint density at radius 1 is 0.523 bits per heavy atom. The van der Waals surface area contributed by atoms with Crippen LogP contribution in [-0.2, 0) is 40.0 Å². The maximum atomic E-state index is 14.5. The Kier molecular flexibility index (Phi) is 24.8. The van der Waals surface area contributed by atoms with Crippen molar-refractivity contribution in [2.45, 2.75) is 168 Å². The molecule has 0 aliphatic heterocycles. The van der Waals surface area contributed by atoms with Gasteiger partial charge < -0.3 is 59.2 Å². The topological polar surface area (TPSA) is 306 Å². The summed E-state index contributed by atoms with van der Waals surface area (Å²) in [7, 11) is 0. The summed E-state index contributed by atoms with van der Waals surface area (Å²) in [6.45, 7) is 15.9. The van der Waals surface area contributed by atoms with Crippen LogP contribution in [-0.4, -0.2) is 107 Å². The molecule has 1 aromatic heterocycles. The number of nitrogens with one attached hydrogen (secondary N) is 7. The number of unbranched alkanes of at least 4 members (excludes halogenated alkanes) is 2. The second-order valence-electron chi connectivity index (χ2n) is 19.0. The van der Waals surface area contributed by atoms with Crippen LogP contribution >= 0.6 is 0 Å². The summed E-state index contributed by atoms with van der Waals surface area (Å²) in [6.07, 6.45) is 5.24. The van der Waals surface area contributed by atoms with Crippen molar-refractivity contribution in [1.29, 1.82) is 0 Å². The number of carboxylic acids is 1. The van der Waals surface area contributed by atoms with Gasteiger partial charge in [-0.25, -0.2) is 4.79 Å². The highest BCUT2D eigenvalue weighted by Gasteiger charge is 2.35. The highest BCUT2D eigenvalue weighted by atomic mass is 16.4. The molecular weight excluding hydrogens is 833 g/mol. The number of H-pyrrole nitrogens is 1. The first-order chi connectivity index (χ1) is 30.7. The number of hydrogen-bond donors (Lipinski definition) is 11. The van der Waals surface area contributed by atoms with Gasteiger partial charge in [0.25, 0.3) is 0 Å².